The molecule has 0 bridgehead atoms. The van der Waals surface area contributed by atoms with E-state index in [1.54, 1.807) is 30.3 Å². The smallest absolute Gasteiger partial charge is 0.341 e. The molecule has 8 heteroatoms. The highest BCUT2D eigenvalue weighted by Crippen LogP contribution is 2.25. The summed E-state index contributed by atoms with van der Waals surface area (Å²) in [6.45, 7) is 3.61. The molecule has 0 spiro atoms. The summed E-state index contributed by atoms with van der Waals surface area (Å²) >= 11 is 0. The van der Waals surface area contributed by atoms with E-state index < -0.39 is 18.5 Å². The van der Waals surface area contributed by atoms with Gasteiger partial charge in [-0.3, -0.25) is 0 Å². The molecule has 3 rings (SSSR count). The molecular formula is C22H21NO7. The van der Waals surface area contributed by atoms with Crippen LogP contribution in [-0.4, -0.2) is 40.3 Å². The Kier molecular flexibility index (Phi) is 6.36. The van der Waals surface area contributed by atoms with Gasteiger partial charge in [0.15, 0.2) is 6.61 Å². The molecule has 0 aliphatic carbocycles. The molecule has 2 N–H and O–H groups in total. The third kappa shape index (κ3) is 5.16. The molecule has 0 radical (unpaired) electrons. The van der Waals surface area contributed by atoms with Gasteiger partial charge in [0.1, 0.15) is 17.3 Å². The number of aryl methyl sites for hydroxylation is 2. The summed E-state index contributed by atoms with van der Waals surface area (Å²) in [7, 11) is 0. The molecule has 0 saturated carbocycles. The average molecular weight is 411 g/mol. The molecule has 0 aliphatic rings. The number of carboxylic acids is 2. The highest BCUT2D eigenvalue weighted by atomic mass is 16.5. The lowest BCUT2D eigenvalue weighted by atomic mass is 10.1. The molecule has 0 aliphatic heterocycles. The fourth-order valence-electron chi connectivity index (χ4n) is 2.82. The molecule has 1 aromatic heterocycles. The van der Waals surface area contributed by atoms with Crippen LogP contribution in [0.25, 0.3) is 11.5 Å². The number of rotatable bonds is 9. The predicted octanol–water partition coefficient (Wildman–Crippen LogP) is 3.74. The monoisotopic (exact) mass is 411 g/mol. The Balaban J connectivity index is 1.59. The molecule has 156 valence electrons. The standard InChI is InChI=1S/C22H21NO7/c1-13-11-17(7-8-19(13)29-12-20(24)25)28-10-9-18-14(2)30-21(23-18)15-3-5-16(6-4-15)22(26)27/h3-8,11H,9-10,12H2,1-2H3,(H,24,25)(H,26,27). The van der Waals surface area contributed by atoms with Crippen molar-refractivity contribution in [2.45, 2.75) is 20.3 Å². The Morgan fingerprint density at radius 1 is 1.03 bits per heavy atom. The molecular weight excluding hydrogens is 390 g/mol. The highest BCUT2D eigenvalue weighted by molar-refractivity contribution is 5.88. The van der Waals surface area contributed by atoms with Crippen LogP contribution in [-0.2, 0) is 11.2 Å². The van der Waals surface area contributed by atoms with Crippen LogP contribution in [0.4, 0.5) is 0 Å². The van der Waals surface area contributed by atoms with Gasteiger partial charge in [0, 0.05) is 12.0 Å². The summed E-state index contributed by atoms with van der Waals surface area (Å²) in [6, 6.07) is 11.5. The number of aromatic carboxylic acids is 1. The van der Waals surface area contributed by atoms with Gasteiger partial charge >= 0.3 is 11.9 Å². The first-order valence-electron chi connectivity index (χ1n) is 9.21. The second-order valence-electron chi connectivity index (χ2n) is 6.61. The third-order valence-electron chi connectivity index (χ3n) is 4.38. The SMILES string of the molecule is Cc1cc(OCCc2nc(-c3ccc(C(=O)O)cc3)oc2C)ccc1OCC(=O)O. The first-order valence-corrected chi connectivity index (χ1v) is 9.21. The summed E-state index contributed by atoms with van der Waals surface area (Å²) in [5.41, 5.74) is 2.43. The fourth-order valence-corrected chi connectivity index (χ4v) is 2.82. The fraction of sp³-hybridized carbons (Fsp3) is 0.227. The van der Waals surface area contributed by atoms with E-state index in [1.165, 1.54) is 12.1 Å². The van der Waals surface area contributed by atoms with Gasteiger partial charge in [0.2, 0.25) is 5.89 Å². The van der Waals surface area contributed by atoms with Crippen molar-refractivity contribution < 1.29 is 33.7 Å². The van der Waals surface area contributed by atoms with E-state index in [0.29, 0.717) is 41.7 Å². The van der Waals surface area contributed by atoms with E-state index in [-0.39, 0.29) is 5.56 Å². The van der Waals surface area contributed by atoms with Gasteiger partial charge < -0.3 is 24.1 Å². The lowest BCUT2D eigenvalue weighted by Crippen LogP contribution is -2.10. The van der Waals surface area contributed by atoms with Crippen LogP contribution in [0.15, 0.2) is 46.9 Å². The van der Waals surface area contributed by atoms with Gasteiger partial charge in [0.05, 0.1) is 17.9 Å². The minimum Gasteiger partial charge on any atom is -0.493 e. The maximum Gasteiger partial charge on any atom is 0.341 e. The van der Waals surface area contributed by atoms with Crippen molar-refractivity contribution in [2.24, 2.45) is 0 Å². The van der Waals surface area contributed by atoms with Gasteiger partial charge in [-0.1, -0.05) is 0 Å². The molecule has 0 saturated heterocycles. The maximum atomic E-state index is 11.0. The molecule has 0 fully saturated rings. The van der Waals surface area contributed by atoms with Gasteiger partial charge in [-0.05, 0) is 61.9 Å². The van der Waals surface area contributed by atoms with E-state index in [9.17, 15) is 9.59 Å². The zero-order valence-electron chi connectivity index (χ0n) is 16.5. The van der Waals surface area contributed by atoms with Crippen molar-refractivity contribution in [2.75, 3.05) is 13.2 Å². The molecule has 1 heterocycles. The predicted molar refractivity (Wildman–Crippen MR) is 107 cm³/mol. The minimum absolute atomic E-state index is 0.199. The van der Waals surface area contributed by atoms with Crippen molar-refractivity contribution in [3.63, 3.8) is 0 Å². The van der Waals surface area contributed by atoms with Crippen molar-refractivity contribution in [1.29, 1.82) is 0 Å². The number of aliphatic carboxylic acids is 1. The van der Waals surface area contributed by atoms with Crippen molar-refractivity contribution >= 4 is 11.9 Å². The summed E-state index contributed by atoms with van der Waals surface area (Å²) in [4.78, 5) is 26.0. The van der Waals surface area contributed by atoms with Crippen LogP contribution in [0.3, 0.4) is 0 Å². The van der Waals surface area contributed by atoms with E-state index in [4.69, 9.17) is 24.1 Å². The van der Waals surface area contributed by atoms with Crippen LogP contribution in [0.1, 0.15) is 27.4 Å². The molecule has 30 heavy (non-hydrogen) atoms. The van der Waals surface area contributed by atoms with Gasteiger partial charge in [-0.25, -0.2) is 14.6 Å². The van der Waals surface area contributed by atoms with E-state index in [1.807, 2.05) is 13.8 Å². The molecule has 0 amide bonds. The molecule has 3 aromatic rings. The number of nitrogens with zero attached hydrogens (tertiary/aromatic N) is 1. The van der Waals surface area contributed by atoms with E-state index >= 15 is 0 Å². The number of hydrogen-bond donors (Lipinski definition) is 2. The van der Waals surface area contributed by atoms with Crippen LogP contribution in [0.2, 0.25) is 0 Å². The average Bonchev–Trinajstić information content (AvgIpc) is 3.08. The number of benzene rings is 2. The normalized spacial score (nSPS) is 10.6. The van der Waals surface area contributed by atoms with Crippen molar-refractivity contribution in [3.8, 4) is 23.0 Å². The number of oxazole rings is 1. The highest BCUT2D eigenvalue weighted by Gasteiger charge is 2.13. The first-order chi connectivity index (χ1) is 14.3. The van der Waals surface area contributed by atoms with E-state index in [0.717, 1.165) is 11.3 Å². The Hall–Kier alpha value is -3.81. The number of ether oxygens (including phenoxy) is 2. The number of aromatic nitrogens is 1. The van der Waals surface area contributed by atoms with Crippen LogP contribution in [0.5, 0.6) is 11.5 Å². The Bertz CT molecular complexity index is 1050. The summed E-state index contributed by atoms with van der Waals surface area (Å²) in [5, 5.41) is 17.7. The zero-order valence-corrected chi connectivity index (χ0v) is 16.5. The molecule has 2 aromatic carbocycles. The summed E-state index contributed by atoms with van der Waals surface area (Å²) < 4.78 is 16.7. The largest absolute Gasteiger partial charge is 0.493 e. The minimum atomic E-state index is -1.03. The van der Waals surface area contributed by atoms with E-state index in [2.05, 4.69) is 4.98 Å². The third-order valence-corrected chi connectivity index (χ3v) is 4.38. The maximum absolute atomic E-state index is 11.0. The first kappa shape index (κ1) is 20.9. The topological polar surface area (TPSA) is 119 Å². The molecule has 8 nitrogen and oxygen atoms in total. The van der Waals surface area contributed by atoms with Crippen LogP contribution in [0, 0.1) is 13.8 Å². The Morgan fingerprint density at radius 2 is 1.77 bits per heavy atom. The van der Waals surface area contributed by atoms with Gasteiger partial charge in [-0.2, -0.15) is 0 Å². The number of carbonyl (C=O) groups is 2. The molecule has 0 unspecified atom stereocenters. The van der Waals surface area contributed by atoms with Crippen LogP contribution >= 0.6 is 0 Å². The summed E-state index contributed by atoms with van der Waals surface area (Å²) in [5.74, 6) is 0.214. The second-order valence-corrected chi connectivity index (χ2v) is 6.61. The van der Waals surface area contributed by atoms with Gasteiger partial charge in [-0.15, -0.1) is 0 Å². The van der Waals surface area contributed by atoms with Crippen molar-refractivity contribution in [1.82, 2.24) is 4.98 Å². The van der Waals surface area contributed by atoms with Crippen LogP contribution < -0.4 is 9.47 Å². The molecule has 0 atom stereocenters. The zero-order chi connectivity index (χ0) is 21.7. The number of hydrogen-bond acceptors (Lipinski definition) is 6. The van der Waals surface area contributed by atoms with Gasteiger partial charge in [0.25, 0.3) is 0 Å². The lowest BCUT2D eigenvalue weighted by Gasteiger charge is -2.10. The lowest BCUT2D eigenvalue weighted by molar-refractivity contribution is -0.139. The quantitative estimate of drug-likeness (QED) is 0.546. The Morgan fingerprint density at radius 3 is 2.40 bits per heavy atom. The number of carboxylic acid groups (broad SMARTS) is 2. The second kappa shape index (κ2) is 9.13. The summed E-state index contributed by atoms with van der Waals surface area (Å²) in [6.07, 6.45) is 0.527. The Labute approximate surface area is 172 Å². The van der Waals surface area contributed by atoms with Crippen molar-refractivity contribution in [3.05, 3.63) is 65.0 Å².